The molecule has 0 aliphatic rings. The summed E-state index contributed by atoms with van der Waals surface area (Å²) in [6.07, 6.45) is 0. The van der Waals surface area contributed by atoms with Crippen molar-refractivity contribution in [1.82, 2.24) is 4.98 Å². The van der Waals surface area contributed by atoms with E-state index in [0.29, 0.717) is 33.3 Å². The smallest absolute Gasteiger partial charge is 0.259 e. The summed E-state index contributed by atoms with van der Waals surface area (Å²) in [5.41, 5.74) is 2.30. The number of aromatic hydroxyl groups is 1. The number of amides is 1. The molecule has 0 saturated carbocycles. The van der Waals surface area contributed by atoms with E-state index in [1.165, 1.54) is 25.6 Å². The number of thiazole rings is 1. The Morgan fingerprint density at radius 2 is 1.86 bits per heavy atom. The van der Waals surface area contributed by atoms with E-state index >= 15 is 0 Å². The number of hydrogen-bond donors (Lipinski definition) is 2. The number of ether oxygens (including phenoxy) is 2. The second kappa shape index (κ2) is 7.81. The Bertz CT molecular complexity index is 1170. The van der Waals surface area contributed by atoms with E-state index in [4.69, 9.17) is 9.47 Å². The average Bonchev–Trinajstić information content (AvgIpc) is 3.18. The van der Waals surface area contributed by atoms with Crippen LogP contribution in [0.2, 0.25) is 0 Å². The Labute approximate surface area is 171 Å². The molecule has 4 rings (SSSR count). The van der Waals surface area contributed by atoms with Crippen LogP contribution in [0.25, 0.3) is 20.8 Å². The first-order chi connectivity index (χ1) is 14.1. The Morgan fingerprint density at radius 3 is 2.62 bits per heavy atom. The SMILES string of the molecule is COc1cccc(C(=O)Nc2ccc(O)c(-c3nc4ccccc4s3)c2)c1OC. The van der Waals surface area contributed by atoms with Gasteiger partial charge in [-0.2, -0.15) is 0 Å². The van der Waals surface area contributed by atoms with Gasteiger partial charge in [-0.3, -0.25) is 4.79 Å². The van der Waals surface area contributed by atoms with Crippen LogP contribution in [-0.4, -0.2) is 30.2 Å². The van der Waals surface area contributed by atoms with Crippen LogP contribution in [0.1, 0.15) is 10.4 Å². The predicted octanol–water partition coefficient (Wildman–Crippen LogP) is 4.94. The molecule has 0 aliphatic carbocycles. The maximum absolute atomic E-state index is 12.8. The molecule has 7 heteroatoms. The second-order valence-electron chi connectivity index (χ2n) is 6.21. The van der Waals surface area contributed by atoms with Crippen LogP contribution < -0.4 is 14.8 Å². The molecule has 0 spiro atoms. The molecule has 0 unspecified atom stereocenters. The van der Waals surface area contributed by atoms with Crippen LogP contribution in [0.15, 0.2) is 60.7 Å². The van der Waals surface area contributed by atoms with Crippen LogP contribution >= 0.6 is 11.3 Å². The number of aromatic nitrogens is 1. The summed E-state index contributed by atoms with van der Waals surface area (Å²) in [4.78, 5) is 17.4. The van der Waals surface area contributed by atoms with Crippen LogP contribution in [0, 0.1) is 0 Å². The van der Waals surface area contributed by atoms with Crippen LogP contribution in [0.4, 0.5) is 5.69 Å². The molecule has 0 fully saturated rings. The Morgan fingerprint density at radius 1 is 1.03 bits per heavy atom. The molecule has 0 saturated heterocycles. The number of benzene rings is 3. The number of nitrogens with zero attached hydrogens (tertiary/aromatic N) is 1. The number of phenols is 1. The minimum absolute atomic E-state index is 0.0982. The lowest BCUT2D eigenvalue weighted by molar-refractivity contribution is 0.102. The van der Waals surface area contributed by atoms with Crippen LogP contribution in [-0.2, 0) is 0 Å². The molecule has 146 valence electrons. The third-order valence-electron chi connectivity index (χ3n) is 4.43. The third-order valence-corrected chi connectivity index (χ3v) is 5.50. The van der Waals surface area contributed by atoms with Gasteiger partial charge >= 0.3 is 0 Å². The van der Waals surface area contributed by atoms with E-state index in [9.17, 15) is 9.90 Å². The second-order valence-corrected chi connectivity index (χ2v) is 7.24. The molecule has 6 nitrogen and oxygen atoms in total. The van der Waals surface area contributed by atoms with Gasteiger partial charge in [-0.05, 0) is 42.5 Å². The maximum atomic E-state index is 12.8. The van der Waals surface area contributed by atoms with E-state index < -0.39 is 0 Å². The number of phenolic OH excluding ortho intramolecular Hbond substituents is 1. The van der Waals surface area contributed by atoms with Gasteiger partial charge in [0.2, 0.25) is 0 Å². The summed E-state index contributed by atoms with van der Waals surface area (Å²) >= 11 is 1.48. The summed E-state index contributed by atoms with van der Waals surface area (Å²) < 4.78 is 11.6. The van der Waals surface area contributed by atoms with Crippen molar-refractivity contribution in [2.24, 2.45) is 0 Å². The monoisotopic (exact) mass is 406 g/mol. The number of hydrogen-bond acceptors (Lipinski definition) is 6. The fourth-order valence-corrected chi connectivity index (χ4v) is 4.03. The van der Waals surface area contributed by atoms with Crippen molar-refractivity contribution in [3.05, 3.63) is 66.2 Å². The molecule has 1 heterocycles. The maximum Gasteiger partial charge on any atom is 0.259 e. The Hall–Kier alpha value is -3.58. The highest BCUT2D eigenvalue weighted by molar-refractivity contribution is 7.21. The van der Waals surface area contributed by atoms with Gasteiger partial charge in [0.15, 0.2) is 11.5 Å². The molecule has 4 aromatic rings. The van der Waals surface area contributed by atoms with Crippen molar-refractivity contribution in [2.45, 2.75) is 0 Å². The largest absolute Gasteiger partial charge is 0.507 e. The van der Waals surface area contributed by atoms with Gasteiger partial charge in [0, 0.05) is 5.69 Å². The molecule has 0 radical (unpaired) electrons. The van der Waals surface area contributed by atoms with E-state index in [1.807, 2.05) is 24.3 Å². The Kier molecular flexibility index (Phi) is 5.05. The van der Waals surface area contributed by atoms with Gasteiger partial charge in [0.25, 0.3) is 5.91 Å². The predicted molar refractivity (Wildman–Crippen MR) is 114 cm³/mol. The minimum atomic E-state index is -0.346. The number of rotatable bonds is 5. The highest BCUT2D eigenvalue weighted by Gasteiger charge is 2.18. The molecule has 1 aromatic heterocycles. The van der Waals surface area contributed by atoms with Gasteiger partial charge in [0.1, 0.15) is 10.8 Å². The molecule has 3 aromatic carbocycles. The molecular formula is C22H18N2O4S. The first-order valence-electron chi connectivity index (χ1n) is 8.82. The van der Waals surface area contributed by atoms with Gasteiger partial charge in [-0.1, -0.05) is 18.2 Å². The Balaban J connectivity index is 1.67. The minimum Gasteiger partial charge on any atom is -0.507 e. The fourth-order valence-electron chi connectivity index (χ4n) is 3.04. The molecule has 0 aliphatic heterocycles. The lowest BCUT2D eigenvalue weighted by Crippen LogP contribution is -2.13. The van der Waals surface area contributed by atoms with E-state index in [-0.39, 0.29) is 11.7 Å². The summed E-state index contributed by atoms with van der Waals surface area (Å²) in [5.74, 6) is 0.585. The summed E-state index contributed by atoms with van der Waals surface area (Å²) in [6.45, 7) is 0. The zero-order chi connectivity index (χ0) is 20.4. The van der Waals surface area contributed by atoms with Crippen molar-refractivity contribution in [1.29, 1.82) is 0 Å². The van der Waals surface area contributed by atoms with Gasteiger partial charge < -0.3 is 19.9 Å². The van der Waals surface area contributed by atoms with E-state index in [2.05, 4.69) is 10.3 Å². The number of carbonyl (C=O) groups is 1. The van der Waals surface area contributed by atoms with Crippen molar-refractivity contribution < 1.29 is 19.4 Å². The van der Waals surface area contributed by atoms with Crippen LogP contribution in [0.5, 0.6) is 17.2 Å². The highest BCUT2D eigenvalue weighted by Crippen LogP contribution is 2.37. The molecular weight excluding hydrogens is 388 g/mol. The van der Waals surface area contributed by atoms with Gasteiger partial charge in [-0.25, -0.2) is 4.98 Å². The molecule has 1 amide bonds. The standard InChI is InChI=1S/C22H18N2O4S/c1-27-18-8-5-6-14(20(18)28-2)21(26)23-13-10-11-17(25)15(12-13)22-24-16-7-3-4-9-19(16)29-22/h3-12,25H,1-2H3,(H,23,26). The average molecular weight is 406 g/mol. The third kappa shape index (κ3) is 3.60. The topological polar surface area (TPSA) is 80.7 Å². The number of carbonyl (C=O) groups excluding carboxylic acids is 1. The first kappa shape index (κ1) is 18.8. The highest BCUT2D eigenvalue weighted by atomic mass is 32.1. The summed E-state index contributed by atoms with van der Waals surface area (Å²) in [5, 5.41) is 13.9. The number of nitrogens with one attached hydrogen (secondary N) is 1. The lowest BCUT2D eigenvalue weighted by atomic mass is 10.1. The zero-order valence-corrected chi connectivity index (χ0v) is 16.6. The normalized spacial score (nSPS) is 10.7. The van der Waals surface area contributed by atoms with Gasteiger partial charge in [0.05, 0.1) is 35.6 Å². The quantitative estimate of drug-likeness (QED) is 0.459. The van der Waals surface area contributed by atoms with Crippen molar-refractivity contribution in [3.8, 4) is 27.8 Å². The lowest BCUT2D eigenvalue weighted by Gasteiger charge is -2.13. The number of fused-ring (bicyclic) bond motifs is 1. The number of methoxy groups -OCH3 is 2. The first-order valence-corrected chi connectivity index (χ1v) is 9.63. The number of para-hydroxylation sites is 2. The number of anilines is 1. The van der Waals surface area contributed by atoms with E-state index in [0.717, 1.165) is 10.2 Å². The summed E-state index contributed by atoms with van der Waals surface area (Å²) in [6, 6.07) is 17.8. The van der Waals surface area contributed by atoms with Crippen LogP contribution in [0.3, 0.4) is 0 Å². The van der Waals surface area contributed by atoms with Crippen molar-refractivity contribution >= 4 is 33.1 Å². The zero-order valence-electron chi connectivity index (χ0n) is 15.8. The van der Waals surface area contributed by atoms with Gasteiger partial charge in [-0.15, -0.1) is 11.3 Å². The van der Waals surface area contributed by atoms with Crippen molar-refractivity contribution in [2.75, 3.05) is 19.5 Å². The molecule has 2 N–H and O–H groups in total. The molecule has 29 heavy (non-hydrogen) atoms. The van der Waals surface area contributed by atoms with E-state index in [1.54, 1.807) is 36.4 Å². The fraction of sp³-hybridized carbons (Fsp3) is 0.0909. The molecule has 0 bridgehead atoms. The van der Waals surface area contributed by atoms with Crippen molar-refractivity contribution in [3.63, 3.8) is 0 Å². The molecule has 0 atom stereocenters. The summed E-state index contributed by atoms with van der Waals surface area (Å²) in [7, 11) is 3.00.